The molecule has 2 atom stereocenters. The predicted octanol–water partition coefficient (Wildman–Crippen LogP) is 2.22. The van der Waals surface area contributed by atoms with Gasteiger partial charge in [0.25, 0.3) is 0 Å². The maximum atomic E-state index is 5.43. The zero-order valence-corrected chi connectivity index (χ0v) is 8.34. The summed E-state index contributed by atoms with van der Waals surface area (Å²) in [6.45, 7) is 8.17. The lowest BCUT2D eigenvalue weighted by atomic mass is 9.97. The Labute approximate surface area is 76.2 Å². The van der Waals surface area contributed by atoms with E-state index in [2.05, 4.69) is 25.9 Å². The number of allylic oxidation sites excluding steroid dienone is 1. The number of hydrogen-bond donors (Lipinski definition) is 2. The third-order valence-electron chi connectivity index (χ3n) is 2.34. The maximum Gasteiger partial charge on any atom is 0.0216 e. The van der Waals surface area contributed by atoms with Crippen molar-refractivity contribution in [2.24, 2.45) is 11.8 Å². The molecule has 0 radical (unpaired) electrons. The lowest BCUT2D eigenvalue weighted by Gasteiger charge is -2.18. The molecule has 0 aliphatic carbocycles. The van der Waals surface area contributed by atoms with E-state index in [9.17, 15) is 0 Å². The summed E-state index contributed by atoms with van der Waals surface area (Å²) in [5.41, 5.74) is 2.85. The molecule has 0 heterocycles. The van der Waals surface area contributed by atoms with Crippen LogP contribution >= 0.6 is 0 Å². The fraction of sp³-hybridized carbons (Fsp3) is 0.800. The Balaban J connectivity index is 3.58. The number of nitrogens with two attached hydrogens (primary N) is 1. The Morgan fingerprint density at radius 2 is 2.25 bits per heavy atom. The first-order valence-electron chi connectivity index (χ1n) is 4.81. The van der Waals surface area contributed by atoms with Gasteiger partial charge >= 0.3 is 0 Å². The van der Waals surface area contributed by atoms with E-state index in [1.807, 2.05) is 6.08 Å². The number of nitrogens with one attached hydrogen (secondary N) is 1. The summed E-state index contributed by atoms with van der Waals surface area (Å²) < 4.78 is 0. The van der Waals surface area contributed by atoms with Gasteiger partial charge in [0.15, 0.2) is 0 Å². The first-order valence-corrected chi connectivity index (χ1v) is 4.81. The fourth-order valence-corrected chi connectivity index (χ4v) is 1.24. The highest BCUT2D eigenvalue weighted by molar-refractivity contribution is 4.73. The van der Waals surface area contributed by atoms with Crippen molar-refractivity contribution in [3.05, 3.63) is 12.7 Å². The Bertz CT molecular complexity index is 112. The molecule has 0 aromatic carbocycles. The third-order valence-corrected chi connectivity index (χ3v) is 2.34. The highest BCUT2D eigenvalue weighted by atomic mass is 15.2. The minimum Gasteiger partial charge on any atom is -0.271 e. The Morgan fingerprint density at radius 1 is 1.58 bits per heavy atom. The molecule has 0 rings (SSSR count). The molecule has 3 N–H and O–H groups in total. The molecule has 0 aromatic heterocycles. The van der Waals surface area contributed by atoms with Crippen molar-refractivity contribution in [2.45, 2.75) is 45.6 Å². The number of hydrogen-bond acceptors (Lipinski definition) is 2. The zero-order valence-electron chi connectivity index (χ0n) is 8.34. The van der Waals surface area contributed by atoms with Gasteiger partial charge in [0.2, 0.25) is 0 Å². The van der Waals surface area contributed by atoms with Crippen molar-refractivity contribution in [3.63, 3.8) is 0 Å². The van der Waals surface area contributed by atoms with E-state index in [0.717, 1.165) is 18.8 Å². The van der Waals surface area contributed by atoms with Gasteiger partial charge in [-0.3, -0.25) is 11.3 Å². The molecule has 0 aromatic rings. The molecule has 2 heteroatoms. The molecule has 2 unspecified atom stereocenters. The van der Waals surface area contributed by atoms with Crippen LogP contribution in [-0.2, 0) is 0 Å². The van der Waals surface area contributed by atoms with Gasteiger partial charge in [-0.05, 0) is 25.2 Å². The summed E-state index contributed by atoms with van der Waals surface area (Å²) in [5, 5.41) is 0. The summed E-state index contributed by atoms with van der Waals surface area (Å²) in [6, 6.07) is 0.456. The van der Waals surface area contributed by atoms with Crippen LogP contribution in [-0.4, -0.2) is 6.04 Å². The summed E-state index contributed by atoms with van der Waals surface area (Å²) in [7, 11) is 0. The minimum atomic E-state index is 0.456. The summed E-state index contributed by atoms with van der Waals surface area (Å²) >= 11 is 0. The quantitative estimate of drug-likeness (QED) is 0.349. The minimum absolute atomic E-state index is 0.456. The van der Waals surface area contributed by atoms with Crippen molar-refractivity contribution in [3.8, 4) is 0 Å². The van der Waals surface area contributed by atoms with Gasteiger partial charge in [-0.2, -0.15) is 0 Å². The second-order valence-corrected chi connectivity index (χ2v) is 3.48. The van der Waals surface area contributed by atoms with Crippen molar-refractivity contribution in [1.29, 1.82) is 0 Å². The predicted molar refractivity (Wildman–Crippen MR) is 54.6 cm³/mol. The fourth-order valence-electron chi connectivity index (χ4n) is 1.24. The Hall–Kier alpha value is -0.340. The second kappa shape index (κ2) is 7.32. The van der Waals surface area contributed by atoms with Gasteiger partial charge in [0.1, 0.15) is 0 Å². The molecule has 0 aliphatic rings. The third kappa shape index (κ3) is 5.33. The molecule has 0 saturated heterocycles. The van der Waals surface area contributed by atoms with E-state index in [4.69, 9.17) is 5.84 Å². The zero-order chi connectivity index (χ0) is 9.40. The Kier molecular flexibility index (Phi) is 7.11. The van der Waals surface area contributed by atoms with Gasteiger partial charge in [-0.25, -0.2) is 0 Å². The molecule has 0 bridgehead atoms. The molecule has 0 amide bonds. The van der Waals surface area contributed by atoms with Crippen LogP contribution in [0.3, 0.4) is 0 Å². The maximum absolute atomic E-state index is 5.43. The molecule has 0 aliphatic heterocycles. The van der Waals surface area contributed by atoms with Crippen molar-refractivity contribution in [2.75, 3.05) is 0 Å². The van der Waals surface area contributed by atoms with Crippen LogP contribution in [0.1, 0.15) is 39.5 Å². The first-order chi connectivity index (χ1) is 5.74. The van der Waals surface area contributed by atoms with Crippen molar-refractivity contribution < 1.29 is 0 Å². The van der Waals surface area contributed by atoms with E-state index in [0.29, 0.717) is 6.04 Å². The van der Waals surface area contributed by atoms with Gasteiger partial charge < -0.3 is 0 Å². The molecule has 72 valence electrons. The van der Waals surface area contributed by atoms with Crippen LogP contribution in [0.2, 0.25) is 0 Å². The second-order valence-electron chi connectivity index (χ2n) is 3.48. The first kappa shape index (κ1) is 11.7. The van der Waals surface area contributed by atoms with Crippen LogP contribution in [0.25, 0.3) is 0 Å². The van der Waals surface area contributed by atoms with E-state index in [1.54, 1.807) is 0 Å². The SMILES string of the molecule is C=CCCC(CC(C)CC)NN. The monoisotopic (exact) mass is 170 g/mol. The molecule has 0 saturated carbocycles. The summed E-state index contributed by atoms with van der Waals surface area (Å²) in [6.07, 6.45) is 6.49. The van der Waals surface area contributed by atoms with Gasteiger partial charge in [-0.1, -0.05) is 26.3 Å². The molecule has 0 fully saturated rings. The van der Waals surface area contributed by atoms with E-state index >= 15 is 0 Å². The number of rotatable bonds is 7. The average Bonchev–Trinajstić information content (AvgIpc) is 2.11. The van der Waals surface area contributed by atoms with Gasteiger partial charge in [0, 0.05) is 6.04 Å². The normalized spacial score (nSPS) is 15.6. The smallest absolute Gasteiger partial charge is 0.0216 e. The van der Waals surface area contributed by atoms with Crippen LogP contribution in [0.15, 0.2) is 12.7 Å². The van der Waals surface area contributed by atoms with Crippen LogP contribution in [0.5, 0.6) is 0 Å². The molecule has 0 spiro atoms. The summed E-state index contributed by atoms with van der Waals surface area (Å²) in [4.78, 5) is 0. The van der Waals surface area contributed by atoms with E-state index in [1.165, 1.54) is 12.8 Å². The van der Waals surface area contributed by atoms with Gasteiger partial charge in [0.05, 0.1) is 0 Å². The van der Waals surface area contributed by atoms with E-state index in [-0.39, 0.29) is 0 Å². The lowest BCUT2D eigenvalue weighted by Crippen LogP contribution is -2.36. The standard InChI is InChI=1S/C10H22N2/c1-4-6-7-10(12-11)8-9(3)5-2/h4,9-10,12H,1,5-8,11H2,2-3H3. The average molecular weight is 170 g/mol. The molecule has 2 nitrogen and oxygen atoms in total. The number of hydrazine groups is 1. The van der Waals surface area contributed by atoms with Crippen molar-refractivity contribution >= 4 is 0 Å². The van der Waals surface area contributed by atoms with Gasteiger partial charge in [-0.15, -0.1) is 6.58 Å². The van der Waals surface area contributed by atoms with Crippen LogP contribution < -0.4 is 11.3 Å². The highest BCUT2D eigenvalue weighted by Gasteiger charge is 2.08. The highest BCUT2D eigenvalue weighted by Crippen LogP contribution is 2.12. The Morgan fingerprint density at radius 3 is 2.67 bits per heavy atom. The molecular weight excluding hydrogens is 148 g/mol. The molecule has 12 heavy (non-hydrogen) atoms. The van der Waals surface area contributed by atoms with Crippen molar-refractivity contribution in [1.82, 2.24) is 5.43 Å². The van der Waals surface area contributed by atoms with Crippen LogP contribution in [0.4, 0.5) is 0 Å². The molecular formula is C10H22N2. The van der Waals surface area contributed by atoms with Crippen LogP contribution in [0, 0.1) is 5.92 Å². The largest absolute Gasteiger partial charge is 0.271 e. The van der Waals surface area contributed by atoms with E-state index < -0.39 is 0 Å². The topological polar surface area (TPSA) is 38.0 Å². The summed E-state index contributed by atoms with van der Waals surface area (Å²) in [5.74, 6) is 6.19. The lowest BCUT2D eigenvalue weighted by molar-refractivity contribution is 0.383.